The van der Waals surface area contributed by atoms with E-state index in [1.54, 1.807) is 7.11 Å². The van der Waals surface area contributed by atoms with Crippen LogP contribution in [0.2, 0.25) is 0 Å². The summed E-state index contributed by atoms with van der Waals surface area (Å²) in [6, 6.07) is 8.37. The number of benzene rings is 1. The lowest BCUT2D eigenvalue weighted by Crippen LogP contribution is -2.40. The largest absolute Gasteiger partial charge is 0.493 e. The molecule has 1 aliphatic heterocycles. The van der Waals surface area contributed by atoms with Gasteiger partial charge < -0.3 is 14.2 Å². The van der Waals surface area contributed by atoms with Crippen LogP contribution in [0.15, 0.2) is 24.3 Å². The molecule has 0 saturated carbocycles. The Bertz CT molecular complexity index is 400. The number of methoxy groups -OCH3 is 1. The van der Waals surface area contributed by atoms with E-state index >= 15 is 0 Å². The van der Waals surface area contributed by atoms with Gasteiger partial charge >= 0.3 is 0 Å². The monoisotopic (exact) mass is 280 g/mol. The van der Waals surface area contributed by atoms with Crippen LogP contribution in [-0.4, -0.2) is 39.6 Å². The van der Waals surface area contributed by atoms with Gasteiger partial charge in [0.2, 0.25) is 0 Å². The maximum Gasteiger partial charge on any atom is 0.122 e. The molecule has 20 heavy (non-hydrogen) atoms. The van der Waals surface area contributed by atoms with Crippen LogP contribution in [0.25, 0.3) is 0 Å². The number of hydrazine groups is 1. The number of ether oxygens (including phenoxy) is 3. The molecule has 3 N–H and O–H groups in total. The first kappa shape index (κ1) is 15.3. The van der Waals surface area contributed by atoms with Crippen LogP contribution in [0.3, 0.4) is 0 Å². The van der Waals surface area contributed by atoms with Crippen LogP contribution in [0, 0.1) is 0 Å². The van der Waals surface area contributed by atoms with Crippen LogP contribution in [0.1, 0.15) is 24.3 Å². The van der Waals surface area contributed by atoms with E-state index in [0.717, 1.165) is 25.2 Å². The lowest BCUT2D eigenvalue weighted by Gasteiger charge is -2.28. The van der Waals surface area contributed by atoms with Crippen molar-refractivity contribution in [3.63, 3.8) is 0 Å². The highest BCUT2D eigenvalue weighted by Crippen LogP contribution is 2.36. The Balaban J connectivity index is 1.88. The summed E-state index contributed by atoms with van der Waals surface area (Å²) in [5, 5.41) is 0. The van der Waals surface area contributed by atoms with Crippen LogP contribution >= 0.6 is 0 Å². The van der Waals surface area contributed by atoms with E-state index in [4.69, 9.17) is 20.1 Å². The predicted molar refractivity (Wildman–Crippen MR) is 77.7 cm³/mol. The van der Waals surface area contributed by atoms with Crippen molar-refractivity contribution >= 4 is 0 Å². The average Bonchev–Trinajstić information content (AvgIpc) is 2.50. The highest BCUT2D eigenvalue weighted by atomic mass is 16.5. The molecule has 2 unspecified atom stereocenters. The lowest BCUT2D eigenvalue weighted by molar-refractivity contribution is 0.0556. The molecular weight excluding hydrogens is 256 g/mol. The molecule has 112 valence electrons. The Labute approximate surface area is 120 Å². The number of rotatable bonds is 8. The third-order valence-electron chi connectivity index (χ3n) is 3.64. The molecule has 0 bridgehead atoms. The second-order valence-electron chi connectivity index (χ2n) is 5.04. The lowest BCUT2D eigenvalue weighted by atomic mass is 9.88. The van der Waals surface area contributed by atoms with Gasteiger partial charge in [-0.1, -0.05) is 18.2 Å². The number of hydrogen-bond donors (Lipinski definition) is 2. The number of nitrogens with two attached hydrogens (primary N) is 1. The molecule has 0 saturated heterocycles. The zero-order valence-electron chi connectivity index (χ0n) is 12.0. The fourth-order valence-electron chi connectivity index (χ4n) is 2.56. The van der Waals surface area contributed by atoms with E-state index in [2.05, 4.69) is 17.6 Å². The second kappa shape index (κ2) is 8.21. The molecule has 5 heteroatoms. The molecule has 2 rings (SSSR count). The Morgan fingerprint density at radius 3 is 3.05 bits per heavy atom. The van der Waals surface area contributed by atoms with Gasteiger partial charge in [-0.05, 0) is 30.4 Å². The van der Waals surface area contributed by atoms with Gasteiger partial charge in [-0.3, -0.25) is 11.3 Å². The number of nitrogens with one attached hydrogen (secondary N) is 1. The maximum absolute atomic E-state index is 5.68. The smallest absolute Gasteiger partial charge is 0.122 e. The van der Waals surface area contributed by atoms with Crippen molar-refractivity contribution in [3.8, 4) is 5.75 Å². The van der Waals surface area contributed by atoms with Gasteiger partial charge in [-0.15, -0.1) is 0 Å². The highest BCUT2D eigenvalue weighted by Gasteiger charge is 2.24. The zero-order valence-corrected chi connectivity index (χ0v) is 12.0. The summed E-state index contributed by atoms with van der Waals surface area (Å²) in [4.78, 5) is 0. The summed E-state index contributed by atoms with van der Waals surface area (Å²) in [5.41, 5.74) is 4.12. The van der Waals surface area contributed by atoms with Gasteiger partial charge in [0.25, 0.3) is 0 Å². The van der Waals surface area contributed by atoms with Crippen molar-refractivity contribution in [1.82, 2.24) is 5.43 Å². The van der Waals surface area contributed by atoms with Crippen LogP contribution in [0.4, 0.5) is 0 Å². The van der Waals surface area contributed by atoms with Crippen molar-refractivity contribution in [2.24, 2.45) is 5.84 Å². The van der Waals surface area contributed by atoms with Gasteiger partial charge in [-0.2, -0.15) is 0 Å². The van der Waals surface area contributed by atoms with Gasteiger partial charge in [0, 0.05) is 13.2 Å². The van der Waals surface area contributed by atoms with Crippen molar-refractivity contribution in [2.45, 2.75) is 24.8 Å². The zero-order chi connectivity index (χ0) is 14.2. The molecule has 0 fully saturated rings. The Kier molecular flexibility index (Phi) is 6.26. The first-order valence-electron chi connectivity index (χ1n) is 7.09. The van der Waals surface area contributed by atoms with Crippen molar-refractivity contribution in [3.05, 3.63) is 29.8 Å². The van der Waals surface area contributed by atoms with Gasteiger partial charge in [0.1, 0.15) is 5.75 Å². The molecule has 2 atom stereocenters. The van der Waals surface area contributed by atoms with Crippen LogP contribution in [-0.2, 0) is 9.47 Å². The van der Waals surface area contributed by atoms with E-state index in [1.165, 1.54) is 5.56 Å². The molecule has 1 heterocycles. The molecule has 1 aliphatic rings. The first-order valence-corrected chi connectivity index (χ1v) is 7.09. The topological polar surface area (TPSA) is 65.7 Å². The van der Waals surface area contributed by atoms with Crippen molar-refractivity contribution < 1.29 is 14.2 Å². The predicted octanol–water partition coefficient (Wildman–Crippen LogP) is 1.44. The normalized spacial score (nSPS) is 19.2. The summed E-state index contributed by atoms with van der Waals surface area (Å²) < 4.78 is 16.2. The quantitative estimate of drug-likeness (QED) is 0.428. The average molecular weight is 280 g/mol. The Morgan fingerprint density at radius 1 is 1.40 bits per heavy atom. The van der Waals surface area contributed by atoms with Gasteiger partial charge in [0.15, 0.2) is 0 Å². The summed E-state index contributed by atoms with van der Waals surface area (Å²) in [7, 11) is 1.67. The second-order valence-corrected chi connectivity index (χ2v) is 5.04. The minimum atomic E-state index is 0.142. The molecule has 0 spiro atoms. The van der Waals surface area contributed by atoms with E-state index in [-0.39, 0.29) is 6.04 Å². The van der Waals surface area contributed by atoms with Crippen molar-refractivity contribution in [1.29, 1.82) is 0 Å². The van der Waals surface area contributed by atoms with E-state index in [9.17, 15) is 0 Å². The van der Waals surface area contributed by atoms with E-state index in [1.807, 2.05) is 12.1 Å². The molecular formula is C15H24N2O3. The number of para-hydroxylation sites is 1. The van der Waals surface area contributed by atoms with Gasteiger partial charge in [-0.25, -0.2) is 0 Å². The number of hydrogen-bond acceptors (Lipinski definition) is 5. The summed E-state index contributed by atoms with van der Waals surface area (Å²) >= 11 is 0. The fraction of sp³-hybridized carbons (Fsp3) is 0.600. The minimum Gasteiger partial charge on any atom is -0.493 e. The molecule has 0 amide bonds. The molecule has 5 nitrogen and oxygen atoms in total. The molecule has 1 aromatic carbocycles. The van der Waals surface area contributed by atoms with Crippen molar-refractivity contribution in [2.75, 3.05) is 33.5 Å². The fourth-order valence-corrected chi connectivity index (χ4v) is 2.56. The van der Waals surface area contributed by atoms with Crippen LogP contribution in [0.5, 0.6) is 5.75 Å². The molecule has 0 radical (unpaired) electrons. The third-order valence-corrected chi connectivity index (χ3v) is 3.64. The minimum absolute atomic E-state index is 0.142. The Morgan fingerprint density at radius 2 is 2.25 bits per heavy atom. The molecule has 1 aromatic rings. The summed E-state index contributed by atoms with van der Waals surface area (Å²) in [6.45, 7) is 2.57. The number of fused-ring (bicyclic) bond motifs is 1. The SMILES string of the molecule is COCCOCC(CC1CCOc2ccccc21)NN. The van der Waals surface area contributed by atoms with Crippen LogP contribution < -0.4 is 16.0 Å². The van der Waals surface area contributed by atoms with E-state index in [0.29, 0.717) is 25.7 Å². The first-order chi connectivity index (χ1) is 9.85. The molecule has 0 aliphatic carbocycles. The Hall–Kier alpha value is -1.14. The van der Waals surface area contributed by atoms with E-state index < -0.39 is 0 Å². The third kappa shape index (κ3) is 4.18. The van der Waals surface area contributed by atoms with Gasteiger partial charge in [0.05, 0.1) is 26.4 Å². The highest BCUT2D eigenvalue weighted by molar-refractivity contribution is 5.37. The summed E-state index contributed by atoms with van der Waals surface area (Å²) in [5.74, 6) is 7.10. The standard InChI is InChI=1S/C15H24N2O3/c1-18-8-9-19-11-13(17-16)10-12-6-7-20-15-5-3-2-4-14(12)15/h2-5,12-13,17H,6-11,16H2,1H3. The maximum atomic E-state index is 5.68. The summed E-state index contributed by atoms with van der Waals surface area (Å²) in [6.07, 6.45) is 1.97. The molecule has 0 aromatic heterocycles.